The van der Waals surface area contributed by atoms with Gasteiger partial charge in [0.1, 0.15) is 11.6 Å². The number of amides is 1. The second kappa shape index (κ2) is 6.68. The molecule has 2 rings (SSSR count). The van der Waals surface area contributed by atoms with Crippen LogP contribution in [-0.4, -0.2) is 29.2 Å². The number of carboxylic acids is 1. The van der Waals surface area contributed by atoms with Crippen molar-refractivity contribution in [2.24, 2.45) is 0 Å². The van der Waals surface area contributed by atoms with Gasteiger partial charge < -0.3 is 9.84 Å². The van der Waals surface area contributed by atoms with E-state index in [0.29, 0.717) is 3.92 Å². The lowest BCUT2D eigenvalue weighted by molar-refractivity contribution is 0.0692. The lowest BCUT2D eigenvalue weighted by atomic mass is 10.2. The highest BCUT2D eigenvalue weighted by Crippen LogP contribution is 2.31. The molecule has 0 saturated carbocycles. The summed E-state index contributed by atoms with van der Waals surface area (Å²) in [4.78, 5) is 28.0. The Morgan fingerprint density at radius 2 is 2.05 bits per heavy atom. The number of thiazole rings is 1. The summed E-state index contributed by atoms with van der Waals surface area (Å²) in [5, 5.41) is 9.28. The van der Waals surface area contributed by atoms with Crippen LogP contribution in [0.3, 0.4) is 0 Å². The molecule has 1 amide bonds. The van der Waals surface area contributed by atoms with Gasteiger partial charge in [0, 0.05) is 7.05 Å². The minimum absolute atomic E-state index is 0.117. The van der Waals surface area contributed by atoms with Gasteiger partial charge in [0.15, 0.2) is 9.61 Å². The Morgan fingerprint density at radius 3 is 2.67 bits per heavy atom. The quantitative estimate of drug-likeness (QED) is 0.891. The number of benzene rings is 1. The first-order valence-electron chi connectivity index (χ1n) is 5.83. The Hall–Kier alpha value is -1.93. The van der Waals surface area contributed by atoms with Crippen LogP contribution in [0.25, 0.3) is 0 Å². The molecule has 0 aliphatic rings. The van der Waals surface area contributed by atoms with Crippen LogP contribution >= 0.6 is 27.3 Å². The Bertz CT molecular complexity index is 659. The number of carbonyl (C=O) groups excluding carboxylic acids is 1. The van der Waals surface area contributed by atoms with Crippen LogP contribution in [0.15, 0.2) is 34.2 Å². The van der Waals surface area contributed by atoms with Gasteiger partial charge in [0.05, 0.1) is 0 Å². The third-order valence-corrected chi connectivity index (χ3v) is 4.15. The third kappa shape index (κ3) is 3.79. The van der Waals surface area contributed by atoms with Gasteiger partial charge in [-0.25, -0.2) is 14.6 Å². The van der Waals surface area contributed by atoms with E-state index < -0.39 is 12.1 Å². The first-order chi connectivity index (χ1) is 9.99. The van der Waals surface area contributed by atoms with Crippen molar-refractivity contribution in [1.82, 2.24) is 4.98 Å². The number of nitrogens with zero attached hydrogens (tertiary/aromatic N) is 2. The van der Waals surface area contributed by atoms with Crippen LogP contribution in [0.2, 0.25) is 0 Å². The number of halogens is 1. The first kappa shape index (κ1) is 15.5. The average molecular weight is 371 g/mol. The molecule has 0 unspecified atom stereocenters. The molecule has 1 N–H and O–H groups in total. The van der Waals surface area contributed by atoms with Crippen molar-refractivity contribution in [3.63, 3.8) is 0 Å². The number of hydrogen-bond acceptors (Lipinski definition) is 5. The van der Waals surface area contributed by atoms with Gasteiger partial charge in [-0.3, -0.25) is 4.90 Å². The molecule has 0 fully saturated rings. The van der Waals surface area contributed by atoms with Crippen molar-refractivity contribution in [3.05, 3.63) is 45.5 Å². The number of aromatic nitrogens is 1. The summed E-state index contributed by atoms with van der Waals surface area (Å²) >= 11 is 4.16. The minimum Gasteiger partial charge on any atom is -0.476 e. The molecule has 1 aromatic carbocycles. The maximum atomic E-state index is 12.0. The van der Waals surface area contributed by atoms with Crippen molar-refractivity contribution in [1.29, 1.82) is 0 Å². The van der Waals surface area contributed by atoms with Crippen LogP contribution in [0.4, 0.5) is 9.80 Å². The predicted octanol–water partition coefficient (Wildman–Crippen LogP) is 3.38. The lowest BCUT2D eigenvalue weighted by Crippen LogP contribution is -2.27. The zero-order chi connectivity index (χ0) is 15.4. The Morgan fingerprint density at radius 1 is 1.38 bits per heavy atom. The fourth-order valence-corrected chi connectivity index (χ4v) is 2.93. The summed E-state index contributed by atoms with van der Waals surface area (Å²) in [6.45, 7) is 0.117. The van der Waals surface area contributed by atoms with E-state index in [1.54, 1.807) is 0 Å². The van der Waals surface area contributed by atoms with Crippen molar-refractivity contribution in [3.8, 4) is 0 Å². The molecular formula is C13H11BrN2O4S. The van der Waals surface area contributed by atoms with E-state index in [9.17, 15) is 9.59 Å². The maximum Gasteiger partial charge on any atom is 0.415 e. The van der Waals surface area contributed by atoms with Crippen LogP contribution in [-0.2, 0) is 11.3 Å². The van der Waals surface area contributed by atoms with Gasteiger partial charge in [-0.05, 0) is 21.5 Å². The van der Waals surface area contributed by atoms with Crippen LogP contribution in [0.1, 0.15) is 16.1 Å². The zero-order valence-electron chi connectivity index (χ0n) is 10.9. The molecule has 8 heteroatoms. The molecule has 2 aromatic rings. The molecule has 0 spiro atoms. The summed E-state index contributed by atoms with van der Waals surface area (Å²) in [7, 11) is 1.44. The molecular weight excluding hydrogens is 360 g/mol. The second-order valence-corrected chi connectivity index (χ2v) is 6.28. The van der Waals surface area contributed by atoms with Crippen molar-refractivity contribution in [2.45, 2.75) is 6.61 Å². The number of hydrogen-bond donors (Lipinski definition) is 1. The van der Waals surface area contributed by atoms with Gasteiger partial charge in [-0.2, -0.15) is 0 Å². The molecule has 0 saturated heterocycles. The van der Waals surface area contributed by atoms with Crippen molar-refractivity contribution < 1.29 is 19.4 Å². The smallest absolute Gasteiger partial charge is 0.415 e. The van der Waals surface area contributed by atoms with Gasteiger partial charge >= 0.3 is 12.1 Å². The summed E-state index contributed by atoms with van der Waals surface area (Å²) < 4.78 is 5.53. The van der Waals surface area contributed by atoms with Gasteiger partial charge in [-0.1, -0.05) is 41.7 Å². The van der Waals surface area contributed by atoms with Crippen LogP contribution < -0.4 is 4.90 Å². The molecule has 110 valence electrons. The molecule has 6 nitrogen and oxygen atoms in total. The van der Waals surface area contributed by atoms with Gasteiger partial charge in [-0.15, -0.1) is 0 Å². The van der Waals surface area contributed by atoms with Crippen molar-refractivity contribution >= 4 is 44.3 Å². The average Bonchev–Trinajstić information content (AvgIpc) is 2.87. The van der Waals surface area contributed by atoms with Gasteiger partial charge in [0.25, 0.3) is 0 Å². The van der Waals surface area contributed by atoms with E-state index in [1.807, 2.05) is 30.3 Å². The molecule has 0 radical (unpaired) electrons. The monoisotopic (exact) mass is 370 g/mol. The molecule has 1 aromatic heterocycles. The molecule has 0 aliphatic carbocycles. The first-order valence-corrected chi connectivity index (χ1v) is 7.44. The van der Waals surface area contributed by atoms with Crippen LogP contribution in [0, 0.1) is 0 Å². The molecule has 1 heterocycles. The Kier molecular flexibility index (Phi) is 4.92. The standard InChI is InChI=1S/C13H11BrN2O4S/c1-16(10-9(11(17)18)15-12(14)21-10)13(19)20-7-8-5-3-2-4-6-8/h2-6H,7H2,1H3,(H,17,18). The highest BCUT2D eigenvalue weighted by molar-refractivity contribution is 9.11. The highest BCUT2D eigenvalue weighted by atomic mass is 79.9. The van der Waals surface area contributed by atoms with E-state index in [4.69, 9.17) is 9.84 Å². The summed E-state index contributed by atoms with van der Waals surface area (Å²) in [5.74, 6) is -1.20. The number of anilines is 1. The largest absolute Gasteiger partial charge is 0.476 e. The summed E-state index contributed by atoms with van der Waals surface area (Å²) in [6.07, 6.45) is -0.641. The number of carbonyl (C=O) groups is 2. The van der Waals surface area contributed by atoms with E-state index in [1.165, 1.54) is 7.05 Å². The maximum absolute atomic E-state index is 12.0. The number of ether oxygens (including phenoxy) is 1. The second-order valence-electron chi connectivity index (χ2n) is 4.02. The molecule has 0 aliphatic heterocycles. The Balaban J connectivity index is 2.07. The van der Waals surface area contributed by atoms with Crippen LogP contribution in [0.5, 0.6) is 0 Å². The molecule has 21 heavy (non-hydrogen) atoms. The highest BCUT2D eigenvalue weighted by Gasteiger charge is 2.24. The normalized spacial score (nSPS) is 10.2. The minimum atomic E-state index is -1.20. The van der Waals surface area contributed by atoms with E-state index in [-0.39, 0.29) is 17.3 Å². The third-order valence-electron chi connectivity index (χ3n) is 2.57. The SMILES string of the molecule is CN(C(=O)OCc1ccccc1)c1sc(Br)nc1C(=O)O. The number of carboxylic acid groups (broad SMARTS) is 1. The lowest BCUT2D eigenvalue weighted by Gasteiger charge is -2.15. The summed E-state index contributed by atoms with van der Waals surface area (Å²) in [5.41, 5.74) is 0.661. The predicted molar refractivity (Wildman–Crippen MR) is 81.8 cm³/mol. The fourth-order valence-electron chi connectivity index (χ4n) is 1.55. The Labute approximate surface area is 133 Å². The van der Waals surface area contributed by atoms with E-state index in [0.717, 1.165) is 21.8 Å². The fraction of sp³-hybridized carbons (Fsp3) is 0.154. The van der Waals surface area contributed by atoms with Gasteiger partial charge in [0.2, 0.25) is 0 Å². The van der Waals surface area contributed by atoms with E-state index >= 15 is 0 Å². The van der Waals surface area contributed by atoms with Crippen molar-refractivity contribution in [2.75, 3.05) is 11.9 Å². The molecule has 0 atom stereocenters. The summed E-state index contributed by atoms with van der Waals surface area (Å²) in [6, 6.07) is 9.22. The number of aromatic carboxylic acids is 1. The topological polar surface area (TPSA) is 79.7 Å². The zero-order valence-corrected chi connectivity index (χ0v) is 13.3. The molecule has 0 bridgehead atoms. The number of rotatable bonds is 4. The van der Waals surface area contributed by atoms with E-state index in [2.05, 4.69) is 20.9 Å².